The van der Waals surface area contributed by atoms with Gasteiger partial charge in [-0.05, 0) is 42.0 Å². The molecule has 0 spiro atoms. The number of hydrogen-bond donors (Lipinski definition) is 2. The third kappa shape index (κ3) is 1.62. The van der Waals surface area contributed by atoms with E-state index in [1.54, 1.807) is 0 Å². The quantitative estimate of drug-likeness (QED) is 0.741. The summed E-state index contributed by atoms with van der Waals surface area (Å²) in [6, 6.07) is 4.64. The molecule has 3 aliphatic heterocycles. The molecule has 2 fully saturated rings. The van der Waals surface area contributed by atoms with Crippen LogP contribution in [0.4, 0.5) is 0 Å². The van der Waals surface area contributed by atoms with E-state index in [-0.39, 0.29) is 0 Å². The van der Waals surface area contributed by atoms with Crippen LogP contribution in [-0.2, 0) is 6.54 Å². The molecule has 5 heteroatoms. The molecule has 6 unspecified atom stereocenters. The Morgan fingerprint density at radius 1 is 1.05 bits per heavy atom. The first-order valence-corrected chi connectivity index (χ1v) is 7.73. The maximum absolute atomic E-state index is 10.0. The van der Waals surface area contributed by atoms with Crippen molar-refractivity contribution in [3.8, 4) is 11.5 Å². The van der Waals surface area contributed by atoms with Crippen LogP contribution in [-0.4, -0.2) is 46.7 Å². The molecule has 1 saturated heterocycles. The van der Waals surface area contributed by atoms with Gasteiger partial charge in [-0.15, -0.1) is 0 Å². The van der Waals surface area contributed by atoms with Crippen molar-refractivity contribution >= 4 is 0 Å². The third-order valence-corrected chi connectivity index (χ3v) is 5.76. The number of aliphatic hydroxyl groups is 2. The zero-order valence-corrected chi connectivity index (χ0v) is 11.7. The molecule has 6 atom stereocenters. The molecule has 1 aliphatic carbocycles. The van der Waals surface area contributed by atoms with E-state index in [2.05, 4.69) is 17.0 Å². The van der Waals surface area contributed by atoms with Crippen molar-refractivity contribution in [2.24, 2.45) is 5.92 Å². The first kappa shape index (κ1) is 12.3. The van der Waals surface area contributed by atoms with E-state index in [1.807, 2.05) is 0 Å². The lowest BCUT2D eigenvalue weighted by Crippen LogP contribution is -2.44. The van der Waals surface area contributed by atoms with E-state index < -0.39 is 12.2 Å². The Balaban J connectivity index is 1.57. The Hall–Kier alpha value is -1.30. The van der Waals surface area contributed by atoms with Crippen molar-refractivity contribution in [2.75, 3.05) is 13.3 Å². The summed E-state index contributed by atoms with van der Waals surface area (Å²) in [5.74, 6) is 2.57. The van der Waals surface area contributed by atoms with Crippen molar-refractivity contribution in [1.29, 1.82) is 0 Å². The van der Waals surface area contributed by atoms with Crippen molar-refractivity contribution in [1.82, 2.24) is 4.90 Å². The Labute approximate surface area is 123 Å². The van der Waals surface area contributed by atoms with Gasteiger partial charge in [-0.25, -0.2) is 0 Å². The van der Waals surface area contributed by atoms with E-state index >= 15 is 0 Å². The second-order valence-corrected chi connectivity index (χ2v) is 6.78. The molecule has 1 saturated carbocycles. The highest BCUT2D eigenvalue weighted by Gasteiger charge is 2.50. The van der Waals surface area contributed by atoms with Crippen LogP contribution >= 0.6 is 0 Å². The molecule has 0 radical (unpaired) electrons. The molecule has 21 heavy (non-hydrogen) atoms. The molecule has 5 nitrogen and oxygen atoms in total. The highest BCUT2D eigenvalue weighted by Crippen LogP contribution is 2.51. The molecule has 0 aromatic heterocycles. The fourth-order valence-corrected chi connectivity index (χ4v) is 4.76. The van der Waals surface area contributed by atoms with Crippen LogP contribution < -0.4 is 9.47 Å². The topological polar surface area (TPSA) is 62.2 Å². The van der Waals surface area contributed by atoms with Gasteiger partial charge < -0.3 is 19.7 Å². The predicted molar refractivity (Wildman–Crippen MR) is 74.2 cm³/mol. The second-order valence-electron chi connectivity index (χ2n) is 6.78. The van der Waals surface area contributed by atoms with E-state index in [0.29, 0.717) is 37.5 Å². The number of ether oxygens (including phenoxy) is 2. The van der Waals surface area contributed by atoms with Gasteiger partial charge in [-0.1, -0.05) is 0 Å². The minimum absolute atomic E-state index is 0.309. The average molecular weight is 289 g/mol. The Bertz CT molecular complexity index is 604. The van der Waals surface area contributed by atoms with E-state index in [0.717, 1.165) is 24.6 Å². The maximum atomic E-state index is 10.0. The van der Waals surface area contributed by atoms with Gasteiger partial charge in [0.1, 0.15) is 0 Å². The third-order valence-electron chi connectivity index (χ3n) is 5.76. The summed E-state index contributed by atoms with van der Waals surface area (Å²) in [5, 5.41) is 20.0. The summed E-state index contributed by atoms with van der Waals surface area (Å²) in [7, 11) is 0. The van der Waals surface area contributed by atoms with Gasteiger partial charge in [-0.2, -0.15) is 0 Å². The van der Waals surface area contributed by atoms with Crippen LogP contribution in [0.3, 0.4) is 0 Å². The molecule has 112 valence electrons. The van der Waals surface area contributed by atoms with E-state index in [1.165, 1.54) is 11.1 Å². The number of benzene rings is 1. The van der Waals surface area contributed by atoms with Gasteiger partial charge in [-0.3, -0.25) is 4.90 Å². The molecule has 3 heterocycles. The summed E-state index contributed by atoms with van der Waals surface area (Å²) in [4.78, 5) is 2.47. The zero-order valence-electron chi connectivity index (χ0n) is 11.7. The van der Waals surface area contributed by atoms with Crippen molar-refractivity contribution in [3.05, 3.63) is 23.3 Å². The largest absolute Gasteiger partial charge is 0.454 e. The molecular formula is C16H19NO4. The van der Waals surface area contributed by atoms with Crippen molar-refractivity contribution in [2.45, 2.75) is 43.6 Å². The van der Waals surface area contributed by atoms with Crippen molar-refractivity contribution < 1.29 is 19.7 Å². The minimum atomic E-state index is -0.579. The monoisotopic (exact) mass is 289 g/mol. The molecule has 4 aliphatic rings. The van der Waals surface area contributed by atoms with Crippen LogP contribution in [0.1, 0.15) is 29.9 Å². The van der Waals surface area contributed by atoms with Gasteiger partial charge in [0.25, 0.3) is 0 Å². The molecular weight excluding hydrogens is 270 g/mol. The van der Waals surface area contributed by atoms with Gasteiger partial charge in [0.15, 0.2) is 11.5 Å². The molecule has 1 aromatic carbocycles. The fraction of sp³-hybridized carbons (Fsp3) is 0.625. The van der Waals surface area contributed by atoms with Crippen LogP contribution in [0, 0.1) is 5.92 Å². The number of hydrogen-bond acceptors (Lipinski definition) is 5. The first-order chi connectivity index (χ1) is 10.2. The minimum Gasteiger partial charge on any atom is -0.454 e. The SMILES string of the molecule is OC1CC2C3CN(Cc4cc5c(cc43)OCO5)C2CC1O. The highest BCUT2D eigenvalue weighted by molar-refractivity contribution is 5.51. The first-order valence-electron chi connectivity index (χ1n) is 7.73. The number of aliphatic hydroxyl groups excluding tert-OH is 2. The lowest BCUT2D eigenvalue weighted by atomic mass is 9.75. The smallest absolute Gasteiger partial charge is 0.231 e. The molecule has 1 aromatic rings. The van der Waals surface area contributed by atoms with Gasteiger partial charge in [0.2, 0.25) is 6.79 Å². The van der Waals surface area contributed by atoms with Crippen LogP contribution in [0.2, 0.25) is 0 Å². The van der Waals surface area contributed by atoms with E-state index in [9.17, 15) is 10.2 Å². The molecule has 2 N–H and O–H groups in total. The van der Waals surface area contributed by atoms with E-state index in [4.69, 9.17) is 9.47 Å². The summed E-state index contributed by atoms with van der Waals surface area (Å²) >= 11 is 0. The summed E-state index contributed by atoms with van der Waals surface area (Å²) < 4.78 is 11.0. The normalized spacial score (nSPS) is 42.6. The number of fused-ring (bicyclic) bond motifs is 8. The average Bonchev–Trinajstić information content (AvgIpc) is 3.03. The van der Waals surface area contributed by atoms with Gasteiger partial charge >= 0.3 is 0 Å². The lowest BCUT2D eigenvalue weighted by molar-refractivity contribution is -0.0449. The van der Waals surface area contributed by atoms with Crippen LogP contribution in [0.15, 0.2) is 12.1 Å². The standard InChI is InChI=1S/C16H19NO4/c18-13-2-10-11-6-17(12(10)4-14(13)19)5-8-1-15-16(3-9(8)11)21-7-20-15/h1,3,10-14,18-19H,2,4-7H2. The predicted octanol–water partition coefficient (Wildman–Crippen LogP) is 0.829. The number of nitrogens with zero attached hydrogens (tertiary/aromatic N) is 1. The Kier molecular flexibility index (Phi) is 2.41. The number of rotatable bonds is 0. The lowest BCUT2D eigenvalue weighted by Gasteiger charge is -2.36. The highest BCUT2D eigenvalue weighted by atomic mass is 16.7. The Morgan fingerprint density at radius 2 is 1.81 bits per heavy atom. The van der Waals surface area contributed by atoms with Gasteiger partial charge in [0, 0.05) is 25.0 Å². The van der Waals surface area contributed by atoms with Crippen molar-refractivity contribution in [3.63, 3.8) is 0 Å². The molecule has 5 rings (SSSR count). The fourth-order valence-electron chi connectivity index (χ4n) is 4.76. The summed E-state index contributed by atoms with van der Waals surface area (Å²) in [6.07, 6.45) is 0.221. The molecule has 2 bridgehead atoms. The second kappa shape index (κ2) is 4.12. The van der Waals surface area contributed by atoms with Gasteiger partial charge in [0.05, 0.1) is 12.2 Å². The summed E-state index contributed by atoms with van der Waals surface area (Å²) in [5.41, 5.74) is 2.67. The summed E-state index contributed by atoms with van der Waals surface area (Å²) in [6.45, 7) is 2.25. The molecule has 0 amide bonds. The van der Waals surface area contributed by atoms with Crippen LogP contribution in [0.25, 0.3) is 0 Å². The van der Waals surface area contributed by atoms with Crippen LogP contribution in [0.5, 0.6) is 11.5 Å². The Morgan fingerprint density at radius 3 is 2.67 bits per heavy atom. The maximum Gasteiger partial charge on any atom is 0.231 e. The zero-order chi connectivity index (χ0) is 14.1.